The number of nitrogens with zero attached hydrogens (tertiary/aromatic N) is 1. The van der Waals surface area contributed by atoms with Crippen LogP contribution in [0.5, 0.6) is 0 Å². The van der Waals surface area contributed by atoms with Gasteiger partial charge in [0, 0.05) is 24.7 Å². The second-order valence-electron chi connectivity index (χ2n) is 6.96. The molecule has 3 nitrogen and oxygen atoms in total. The van der Waals surface area contributed by atoms with Crippen LogP contribution in [0.15, 0.2) is 10.5 Å². The minimum Gasteiger partial charge on any atom is -0.465 e. The van der Waals surface area contributed by atoms with Crippen LogP contribution >= 0.6 is 0 Å². The zero-order valence-electron chi connectivity index (χ0n) is 14.4. The van der Waals surface area contributed by atoms with Crippen LogP contribution in [0, 0.1) is 18.8 Å². The Kier molecular flexibility index (Phi) is 5.88. The van der Waals surface area contributed by atoms with Crippen molar-refractivity contribution < 1.29 is 4.42 Å². The van der Waals surface area contributed by atoms with Crippen LogP contribution in [-0.2, 0) is 13.1 Å². The summed E-state index contributed by atoms with van der Waals surface area (Å²) in [6.07, 6.45) is 2.52. The van der Waals surface area contributed by atoms with E-state index in [1.807, 2.05) is 0 Å². The lowest BCUT2D eigenvalue weighted by molar-refractivity contribution is 0.0725. The summed E-state index contributed by atoms with van der Waals surface area (Å²) in [6, 6.07) is 2.91. The first kappa shape index (κ1) is 16.6. The zero-order valence-corrected chi connectivity index (χ0v) is 14.4. The lowest BCUT2D eigenvalue weighted by Crippen LogP contribution is -2.45. The second kappa shape index (κ2) is 7.46. The molecule has 3 heteroatoms. The summed E-state index contributed by atoms with van der Waals surface area (Å²) in [7, 11) is 0. The van der Waals surface area contributed by atoms with Gasteiger partial charge in [-0.25, -0.2) is 0 Å². The lowest BCUT2D eigenvalue weighted by atomic mass is 9.86. The van der Waals surface area contributed by atoms with Gasteiger partial charge in [-0.3, -0.25) is 4.90 Å². The highest BCUT2D eigenvalue weighted by atomic mass is 16.3. The van der Waals surface area contributed by atoms with Gasteiger partial charge in [0.1, 0.15) is 11.5 Å². The second-order valence-corrected chi connectivity index (χ2v) is 6.96. The van der Waals surface area contributed by atoms with E-state index in [4.69, 9.17) is 4.42 Å². The van der Waals surface area contributed by atoms with Crippen LogP contribution in [0.1, 0.15) is 57.6 Å². The van der Waals surface area contributed by atoms with Crippen LogP contribution in [0.25, 0.3) is 0 Å². The molecule has 0 radical (unpaired) electrons. The number of nitrogens with one attached hydrogen (secondary N) is 1. The topological polar surface area (TPSA) is 28.4 Å². The average molecular weight is 292 g/mol. The first-order valence-electron chi connectivity index (χ1n) is 8.54. The van der Waals surface area contributed by atoms with E-state index in [1.165, 1.54) is 18.5 Å². The summed E-state index contributed by atoms with van der Waals surface area (Å²) in [5, 5.41) is 3.41. The minimum absolute atomic E-state index is 0.664. The van der Waals surface area contributed by atoms with Crippen molar-refractivity contribution in [1.82, 2.24) is 10.2 Å². The van der Waals surface area contributed by atoms with Gasteiger partial charge in [0.15, 0.2) is 0 Å². The standard InChI is InChI=1S/C18H32N2O/c1-6-7-19-10-18-9-17(16(5)21-18)12-20-11-13(2)8-14(3)15(20)4/h9,13-15,19H,6-8,10-12H2,1-5H3. The van der Waals surface area contributed by atoms with E-state index >= 15 is 0 Å². The van der Waals surface area contributed by atoms with Gasteiger partial charge in [0.2, 0.25) is 0 Å². The molecule has 0 amide bonds. The number of likely N-dealkylation sites (tertiary alicyclic amines) is 1. The van der Waals surface area contributed by atoms with E-state index in [2.05, 4.69) is 50.9 Å². The molecule has 2 heterocycles. The summed E-state index contributed by atoms with van der Waals surface area (Å²) in [5.74, 6) is 3.74. The molecule has 3 unspecified atom stereocenters. The summed E-state index contributed by atoms with van der Waals surface area (Å²) >= 11 is 0. The predicted molar refractivity (Wildman–Crippen MR) is 88.3 cm³/mol. The maximum atomic E-state index is 5.90. The van der Waals surface area contributed by atoms with E-state index in [1.54, 1.807) is 0 Å². The summed E-state index contributed by atoms with van der Waals surface area (Å²) < 4.78 is 5.90. The monoisotopic (exact) mass is 292 g/mol. The third-order valence-corrected chi connectivity index (χ3v) is 4.89. The fourth-order valence-electron chi connectivity index (χ4n) is 3.48. The van der Waals surface area contributed by atoms with Gasteiger partial charge in [-0.05, 0) is 51.1 Å². The highest BCUT2D eigenvalue weighted by molar-refractivity contribution is 5.21. The van der Waals surface area contributed by atoms with Crippen LogP contribution in [-0.4, -0.2) is 24.0 Å². The molecule has 120 valence electrons. The third kappa shape index (κ3) is 4.33. The quantitative estimate of drug-likeness (QED) is 0.805. The van der Waals surface area contributed by atoms with E-state index in [-0.39, 0.29) is 0 Å². The molecule has 0 saturated carbocycles. The van der Waals surface area contributed by atoms with Crippen molar-refractivity contribution in [1.29, 1.82) is 0 Å². The Morgan fingerprint density at radius 1 is 1.33 bits per heavy atom. The number of hydrogen-bond donors (Lipinski definition) is 1. The Balaban J connectivity index is 1.98. The van der Waals surface area contributed by atoms with Gasteiger partial charge in [0.25, 0.3) is 0 Å². The van der Waals surface area contributed by atoms with Crippen LogP contribution in [0.3, 0.4) is 0 Å². The normalized spacial score (nSPS) is 27.2. The van der Waals surface area contributed by atoms with Gasteiger partial charge in [0.05, 0.1) is 6.54 Å². The molecule has 0 aromatic carbocycles. The SMILES string of the molecule is CCCNCc1cc(CN2CC(C)CC(C)C2C)c(C)o1. The molecular formula is C18H32N2O. The highest BCUT2D eigenvalue weighted by Gasteiger charge is 2.29. The van der Waals surface area contributed by atoms with Crippen molar-refractivity contribution in [3.63, 3.8) is 0 Å². The predicted octanol–water partition coefficient (Wildman–Crippen LogP) is 3.95. The molecule has 1 aromatic heterocycles. The van der Waals surface area contributed by atoms with Crippen molar-refractivity contribution in [3.8, 4) is 0 Å². The molecule has 1 aliphatic heterocycles. The number of furan rings is 1. The molecule has 1 saturated heterocycles. The molecule has 1 fully saturated rings. The fourth-order valence-corrected chi connectivity index (χ4v) is 3.48. The lowest BCUT2D eigenvalue weighted by Gasteiger charge is -2.41. The smallest absolute Gasteiger partial charge is 0.118 e. The van der Waals surface area contributed by atoms with Crippen molar-refractivity contribution in [2.75, 3.05) is 13.1 Å². The van der Waals surface area contributed by atoms with E-state index in [0.717, 1.165) is 49.4 Å². The number of rotatable bonds is 6. The Morgan fingerprint density at radius 3 is 2.81 bits per heavy atom. The average Bonchev–Trinajstić information content (AvgIpc) is 2.76. The first-order valence-corrected chi connectivity index (χ1v) is 8.54. The highest BCUT2D eigenvalue weighted by Crippen LogP contribution is 2.29. The van der Waals surface area contributed by atoms with Gasteiger partial charge >= 0.3 is 0 Å². The number of hydrogen-bond acceptors (Lipinski definition) is 3. The van der Waals surface area contributed by atoms with Crippen LogP contribution in [0.4, 0.5) is 0 Å². The fraction of sp³-hybridized carbons (Fsp3) is 0.778. The molecule has 0 spiro atoms. The van der Waals surface area contributed by atoms with Crippen molar-refractivity contribution >= 4 is 0 Å². The molecule has 1 aromatic rings. The van der Waals surface area contributed by atoms with E-state index < -0.39 is 0 Å². The Labute approximate surface area is 130 Å². The summed E-state index contributed by atoms with van der Waals surface area (Å²) in [6.45, 7) is 15.5. The number of aryl methyl sites for hydroxylation is 1. The summed E-state index contributed by atoms with van der Waals surface area (Å²) in [5.41, 5.74) is 1.36. The molecule has 2 rings (SSSR count). The molecule has 21 heavy (non-hydrogen) atoms. The molecule has 0 aliphatic carbocycles. The maximum absolute atomic E-state index is 5.90. The van der Waals surface area contributed by atoms with Crippen molar-refractivity contribution in [3.05, 3.63) is 23.2 Å². The van der Waals surface area contributed by atoms with Crippen LogP contribution in [0.2, 0.25) is 0 Å². The Hall–Kier alpha value is -0.800. The van der Waals surface area contributed by atoms with E-state index in [9.17, 15) is 0 Å². The van der Waals surface area contributed by atoms with Crippen molar-refractivity contribution in [2.45, 2.75) is 66.6 Å². The van der Waals surface area contributed by atoms with Crippen LogP contribution < -0.4 is 5.32 Å². The molecular weight excluding hydrogens is 260 g/mol. The molecule has 0 bridgehead atoms. The van der Waals surface area contributed by atoms with Gasteiger partial charge < -0.3 is 9.73 Å². The van der Waals surface area contributed by atoms with Gasteiger partial charge in [-0.15, -0.1) is 0 Å². The molecule has 3 atom stereocenters. The molecule has 1 aliphatic rings. The Morgan fingerprint density at radius 2 is 2.10 bits per heavy atom. The minimum atomic E-state index is 0.664. The molecule has 1 N–H and O–H groups in total. The summed E-state index contributed by atoms with van der Waals surface area (Å²) in [4.78, 5) is 2.62. The van der Waals surface area contributed by atoms with Crippen molar-refractivity contribution in [2.24, 2.45) is 11.8 Å². The zero-order chi connectivity index (χ0) is 15.4. The first-order chi connectivity index (χ1) is 10.0. The van der Waals surface area contributed by atoms with Gasteiger partial charge in [-0.1, -0.05) is 20.8 Å². The maximum Gasteiger partial charge on any atom is 0.118 e. The van der Waals surface area contributed by atoms with E-state index in [0.29, 0.717) is 6.04 Å². The van der Waals surface area contributed by atoms with Gasteiger partial charge in [-0.2, -0.15) is 0 Å². The largest absolute Gasteiger partial charge is 0.465 e. The third-order valence-electron chi connectivity index (χ3n) is 4.89. The number of piperidine rings is 1. The Bertz CT molecular complexity index is 440.